The average molecular weight is 392 g/mol. The van der Waals surface area contributed by atoms with Gasteiger partial charge in [-0.25, -0.2) is 4.79 Å². The summed E-state index contributed by atoms with van der Waals surface area (Å²) in [6.45, 7) is 1.72. The summed E-state index contributed by atoms with van der Waals surface area (Å²) in [5.74, 6) is -3.46. The number of anilines is 1. The van der Waals surface area contributed by atoms with E-state index < -0.39 is 35.0 Å². The summed E-state index contributed by atoms with van der Waals surface area (Å²) in [7, 11) is 2.80. The van der Waals surface area contributed by atoms with Gasteiger partial charge in [0.25, 0.3) is 5.56 Å². The van der Waals surface area contributed by atoms with E-state index in [2.05, 4.69) is 5.32 Å². The topological polar surface area (TPSA) is 99.4 Å². The molecule has 2 aromatic rings. The van der Waals surface area contributed by atoms with Crippen LogP contribution in [0.25, 0.3) is 0 Å². The molecule has 0 saturated carbocycles. The standard InChI is InChI=1S/C18H18ClN3O5/c1-4-27-17(25)13-11(9-5-7-10(19)8-6-9)12-14(20-15(13)23)21(2)18(26)22(3)16(12)24/h5-8,11,13H,4H2,1-3H3,(H,20,23). The lowest BCUT2D eigenvalue weighted by Crippen LogP contribution is -2.49. The molecule has 0 bridgehead atoms. The molecular weight excluding hydrogens is 374 g/mol. The molecule has 1 aliphatic heterocycles. The van der Waals surface area contributed by atoms with E-state index in [-0.39, 0.29) is 18.0 Å². The Morgan fingerprint density at radius 1 is 1.15 bits per heavy atom. The molecule has 1 aromatic heterocycles. The molecule has 9 heteroatoms. The predicted molar refractivity (Wildman–Crippen MR) is 99.0 cm³/mol. The number of ether oxygens (including phenoxy) is 1. The number of amides is 1. The van der Waals surface area contributed by atoms with E-state index in [1.807, 2.05) is 0 Å². The van der Waals surface area contributed by atoms with Crippen LogP contribution >= 0.6 is 11.6 Å². The van der Waals surface area contributed by atoms with Crippen molar-refractivity contribution in [1.82, 2.24) is 9.13 Å². The largest absolute Gasteiger partial charge is 0.465 e. The number of nitrogens with one attached hydrogen (secondary N) is 1. The van der Waals surface area contributed by atoms with Gasteiger partial charge in [0.15, 0.2) is 0 Å². The Labute approximate surface area is 159 Å². The maximum absolute atomic E-state index is 12.9. The van der Waals surface area contributed by atoms with Crippen LogP contribution in [0.2, 0.25) is 5.02 Å². The molecule has 142 valence electrons. The van der Waals surface area contributed by atoms with Crippen molar-refractivity contribution in [2.24, 2.45) is 20.0 Å². The second kappa shape index (κ2) is 7.03. The van der Waals surface area contributed by atoms with E-state index >= 15 is 0 Å². The summed E-state index contributed by atoms with van der Waals surface area (Å²) in [5, 5.41) is 2.99. The lowest BCUT2D eigenvalue weighted by Gasteiger charge is -2.32. The van der Waals surface area contributed by atoms with Crippen molar-refractivity contribution in [3.63, 3.8) is 0 Å². The summed E-state index contributed by atoms with van der Waals surface area (Å²) in [6, 6.07) is 6.51. The minimum absolute atomic E-state index is 0.0774. The van der Waals surface area contributed by atoms with Crippen LogP contribution in [0.15, 0.2) is 33.9 Å². The van der Waals surface area contributed by atoms with Crippen molar-refractivity contribution < 1.29 is 14.3 Å². The van der Waals surface area contributed by atoms with Gasteiger partial charge < -0.3 is 10.1 Å². The number of carbonyl (C=O) groups is 2. The maximum atomic E-state index is 12.9. The normalized spacial score (nSPS) is 18.6. The highest BCUT2D eigenvalue weighted by atomic mass is 35.5. The summed E-state index contributed by atoms with van der Waals surface area (Å²) in [5.41, 5.74) is -0.463. The number of nitrogens with zero attached hydrogens (tertiary/aromatic N) is 2. The third-order valence-electron chi connectivity index (χ3n) is 4.64. The fourth-order valence-electron chi connectivity index (χ4n) is 3.32. The van der Waals surface area contributed by atoms with E-state index in [9.17, 15) is 19.2 Å². The van der Waals surface area contributed by atoms with E-state index in [1.165, 1.54) is 18.7 Å². The third kappa shape index (κ3) is 3.06. The predicted octanol–water partition coefficient (Wildman–Crippen LogP) is 1.00. The number of fused-ring (bicyclic) bond motifs is 1. The van der Waals surface area contributed by atoms with Crippen LogP contribution in [0.4, 0.5) is 5.82 Å². The molecule has 0 spiro atoms. The number of esters is 1. The van der Waals surface area contributed by atoms with E-state index in [4.69, 9.17) is 16.3 Å². The van der Waals surface area contributed by atoms with Gasteiger partial charge in [0.05, 0.1) is 12.2 Å². The maximum Gasteiger partial charge on any atom is 0.332 e. The zero-order chi connectivity index (χ0) is 19.9. The van der Waals surface area contributed by atoms with Gasteiger partial charge in [0.2, 0.25) is 5.91 Å². The Morgan fingerprint density at radius 3 is 2.37 bits per heavy atom. The zero-order valence-electron chi connectivity index (χ0n) is 15.0. The van der Waals surface area contributed by atoms with Gasteiger partial charge >= 0.3 is 11.7 Å². The Hall–Kier alpha value is -2.87. The van der Waals surface area contributed by atoms with Gasteiger partial charge in [-0.15, -0.1) is 0 Å². The summed E-state index contributed by atoms with van der Waals surface area (Å²) < 4.78 is 7.19. The van der Waals surface area contributed by atoms with E-state index in [0.29, 0.717) is 10.6 Å². The first-order chi connectivity index (χ1) is 12.8. The number of benzene rings is 1. The first-order valence-electron chi connectivity index (χ1n) is 8.30. The fourth-order valence-corrected chi connectivity index (χ4v) is 3.44. The molecule has 3 rings (SSSR count). The van der Waals surface area contributed by atoms with Crippen molar-refractivity contribution >= 4 is 29.3 Å². The lowest BCUT2D eigenvalue weighted by atomic mass is 9.78. The smallest absolute Gasteiger partial charge is 0.332 e. The molecule has 1 N–H and O–H groups in total. The van der Waals surface area contributed by atoms with Gasteiger partial charge in [-0.05, 0) is 24.6 Å². The van der Waals surface area contributed by atoms with Crippen molar-refractivity contribution in [1.29, 1.82) is 0 Å². The quantitative estimate of drug-likeness (QED) is 0.621. The van der Waals surface area contributed by atoms with Gasteiger partial charge in [0.1, 0.15) is 11.7 Å². The molecule has 27 heavy (non-hydrogen) atoms. The van der Waals surface area contributed by atoms with Gasteiger partial charge in [-0.1, -0.05) is 23.7 Å². The molecule has 0 saturated heterocycles. The minimum atomic E-state index is -1.26. The number of halogens is 1. The second-order valence-electron chi connectivity index (χ2n) is 6.22. The molecule has 0 fully saturated rings. The number of carbonyl (C=O) groups excluding carboxylic acids is 2. The highest BCUT2D eigenvalue weighted by Crippen LogP contribution is 2.39. The number of aromatic nitrogens is 2. The first-order valence-corrected chi connectivity index (χ1v) is 8.68. The molecule has 1 aliphatic rings. The van der Waals surface area contributed by atoms with Gasteiger partial charge in [0, 0.05) is 25.0 Å². The van der Waals surface area contributed by atoms with E-state index in [0.717, 1.165) is 4.57 Å². The highest BCUT2D eigenvalue weighted by molar-refractivity contribution is 6.30. The molecule has 1 amide bonds. The third-order valence-corrected chi connectivity index (χ3v) is 4.89. The summed E-state index contributed by atoms with van der Waals surface area (Å²) in [6.07, 6.45) is 0. The monoisotopic (exact) mass is 391 g/mol. The Bertz CT molecular complexity index is 1040. The minimum Gasteiger partial charge on any atom is -0.465 e. The van der Waals surface area contributed by atoms with Crippen LogP contribution in [0.1, 0.15) is 24.0 Å². The molecule has 2 heterocycles. The van der Waals surface area contributed by atoms with Crippen LogP contribution < -0.4 is 16.6 Å². The zero-order valence-corrected chi connectivity index (χ0v) is 15.7. The fraction of sp³-hybridized carbons (Fsp3) is 0.333. The molecule has 1 aromatic carbocycles. The Kier molecular flexibility index (Phi) is 4.93. The number of hydrogen-bond donors (Lipinski definition) is 1. The molecule has 2 atom stereocenters. The van der Waals surface area contributed by atoms with Crippen molar-refractivity contribution in [3.05, 3.63) is 61.3 Å². The molecule has 2 unspecified atom stereocenters. The average Bonchev–Trinajstić information content (AvgIpc) is 2.64. The van der Waals surface area contributed by atoms with Crippen LogP contribution in [-0.2, 0) is 28.4 Å². The van der Waals surface area contributed by atoms with Crippen LogP contribution in [0, 0.1) is 5.92 Å². The van der Waals surface area contributed by atoms with Gasteiger partial charge in [-0.2, -0.15) is 0 Å². The van der Waals surface area contributed by atoms with Gasteiger partial charge in [-0.3, -0.25) is 23.5 Å². The van der Waals surface area contributed by atoms with Crippen molar-refractivity contribution in [2.45, 2.75) is 12.8 Å². The summed E-state index contributed by atoms with van der Waals surface area (Å²) >= 11 is 5.95. The molecular formula is C18H18ClN3O5. The molecule has 0 radical (unpaired) electrons. The van der Waals surface area contributed by atoms with Crippen LogP contribution in [-0.4, -0.2) is 27.6 Å². The first kappa shape index (κ1) is 18.9. The lowest BCUT2D eigenvalue weighted by molar-refractivity contribution is -0.151. The Morgan fingerprint density at radius 2 is 1.78 bits per heavy atom. The van der Waals surface area contributed by atoms with Crippen molar-refractivity contribution in [3.8, 4) is 0 Å². The number of rotatable bonds is 3. The summed E-state index contributed by atoms with van der Waals surface area (Å²) in [4.78, 5) is 50.4. The highest BCUT2D eigenvalue weighted by Gasteiger charge is 2.45. The second-order valence-corrected chi connectivity index (χ2v) is 6.65. The SMILES string of the molecule is CCOC(=O)C1C(=O)Nc2c(c(=O)n(C)c(=O)n2C)C1c1ccc(Cl)cc1. The number of hydrogen-bond acceptors (Lipinski definition) is 5. The van der Waals surface area contributed by atoms with E-state index in [1.54, 1.807) is 31.2 Å². The van der Waals surface area contributed by atoms with Crippen molar-refractivity contribution in [2.75, 3.05) is 11.9 Å². The molecule has 8 nitrogen and oxygen atoms in total. The molecule has 0 aliphatic carbocycles. The van der Waals surface area contributed by atoms with Crippen LogP contribution in [0.5, 0.6) is 0 Å². The Balaban J connectivity index is 2.34. The van der Waals surface area contributed by atoms with Crippen LogP contribution in [0.3, 0.4) is 0 Å².